The van der Waals surface area contributed by atoms with E-state index in [1.54, 1.807) is 6.92 Å². The summed E-state index contributed by atoms with van der Waals surface area (Å²) in [6, 6.07) is 0. The van der Waals surface area contributed by atoms with E-state index in [2.05, 4.69) is 6.58 Å². The molecule has 0 amide bonds. The van der Waals surface area contributed by atoms with Crippen molar-refractivity contribution in [1.29, 1.82) is 0 Å². The molecular formula is C28H33ClO12. The summed E-state index contributed by atoms with van der Waals surface area (Å²) in [6.07, 6.45) is -2.13. The maximum absolute atomic E-state index is 13.5. The smallest absolute Gasteiger partial charge is 0.344 e. The first-order valence-corrected chi connectivity index (χ1v) is 13.6. The normalized spacial score (nSPS) is 41.1. The van der Waals surface area contributed by atoms with Gasteiger partial charge in [0.25, 0.3) is 0 Å². The van der Waals surface area contributed by atoms with Crippen LogP contribution in [0, 0.1) is 17.3 Å². The van der Waals surface area contributed by atoms with Gasteiger partial charge in [-0.05, 0) is 19.9 Å². The second kappa shape index (κ2) is 10.5. The first-order chi connectivity index (χ1) is 19.0. The van der Waals surface area contributed by atoms with Gasteiger partial charge in [0.15, 0.2) is 29.7 Å². The Hall–Kier alpha value is -3.25. The van der Waals surface area contributed by atoms with Crippen LogP contribution in [0.1, 0.15) is 48.0 Å². The molecule has 1 aliphatic carbocycles. The van der Waals surface area contributed by atoms with Crippen molar-refractivity contribution < 1.29 is 57.2 Å². The molecule has 0 aromatic heterocycles. The molecule has 13 heteroatoms. The number of alkyl halides is 1. The number of rotatable bonds is 5. The lowest BCUT2D eigenvalue weighted by molar-refractivity contribution is -0.320. The van der Waals surface area contributed by atoms with Crippen molar-refractivity contribution in [1.82, 2.24) is 0 Å². The van der Waals surface area contributed by atoms with Crippen LogP contribution < -0.4 is 0 Å². The fourth-order valence-electron chi connectivity index (χ4n) is 6.84. The van der Waals surface area contributed by atoms with Crippen LogP contribution in [0.4, 0.5) is 0 Å². The number of carbonyl (C=O) groups is 6. The molecule has 0 radical (unpaired) electrons. The predicted molar refractivity (Wildman–Crippen MR) is 138 cm³/mol. The van der Waals surface area contributed by atoms with Crippen LogP contribution in [0.25, 0.3) is 0 Å². The summed E-state index contributed by atoms with van der Waals surface area (Å²) >= 11 is 6.84. The van der Waals surface area contributed by atoms with Crippen molar-refractivity contribution in [2.24, 2.45) is 17.3 Å². The molecule has 3 heterocycles. The predicted octanol–water partition coefficient (Wildman–Crippen LogP) is 1.74. The quantitative estimate of drug-likeness (QED) is 0.196. The van der Waals surface area contributed by atoms with E-state index in [-0.39, 0.29) is 6.42 Å². The number of carbonyl (C=O) groups excluding carboxylic acids is 6. The minimum Gasteiger partial charge on any atom is -0.459 e. The lowest BCUT2D eigenvalue weighted by atomic mass is 9.52. The van der Waals surface area contributed by atoms with Gasteiger partial charge in [-0.3, -0.25) is 24.0 Å². The molecular weight excluding hydrogens is 564 g/mol. The van der Waals surface area contributed by atoms with E-state index in [0.717, 1.165) is 13.8 Å². The molecule has 0 aromatic carbocycles. The Morgan fingerprint density at radius 3 is 2.29 bits per heavy atom. The molecule has 3 fully saturated rings. The SMILES string of the molecule is C=C1CC(OC(C)=O)C2OC3(C(C)C(=O)OC3C1Cl)C(OC(=O)COC(C)=O)C1C(C)(OC(C)=O)C(=O)C=CC21C. The first kappa shape index (κ1) is 30.7. The van der Waals surface area contributed by atoms with Gasteiger partial charge in [-0.1, -0.05) is 25.2 Å². The average molecular weight is 597 g/mol. The summed E-state index contributed by atoms with van der Waals surface area (Å²) in [5.74, 6) is -6.90. The highest BCUT2D eigenvalue weighted by molar-refractivity contribution is 6.23. The maximum atomic E-state index is 13.5. The lowest BCUT2D eigenvalue weighted by Crippen LogP contribution is -2.77. The van der Waals surface area contributed by atoms with Gasteiger partial charge in [-0.25, -0.2) is 4.79 Å². The van der Waals surface area contributed by atoms with Crippen molar-refractivity contribution in [3.05, 3.63) is 24.3 Å². The zero-order chi connectivity index (χ0) is 30.7. The molecule has 0 aromatic rings. The minimum atomic E-state index is -1.95. The molecule has 4 aliphatic rings. The zero-order valence-electron chi connectivity index (χ0n) is 23.6. The third-order valence-electron chi connectivity index (χ3n) is 8.54. The molecule has 41 heavy (non-hydrogen) atoms. The minimum absolute atomic E-state index is 0.0161. The van der Waals surface area contributed by atoms with Crippen LogP contribution >= 0.6 is 11.6 Å². The van der Waals surface area contributed by atoms with Crippen molar-refractivity contribution in [3.8, 4) is 0 Å². The largest absolute Gasteiger partial charge is 0.459 e. The molecule has 0 N–H and O–H groups in total. The number of ketones is 1. The standard InChI is InChI=1S/C28H33ClO12/c1-12-10-17(37-15(4)31)22-26(6)9-8-18(33)27(7,40-16(5)32)21(26)24(38-19(34)11-36-14(3)30)28(41-22)13(2)25(35)39-23(28)20(12)29/h8-9,13,17,20-24H,1,10-11H2,2-7H3. The second-order valence-electron chi connectivity index (χ2n) is 11.3. The molecule has 1 spiro atoms. The Bertz CT molecular complexity index is 1240. The number of ether oxygens (including phenoxy) is 6. The van der Waals surface area contributed by atoms with E-state index in [0.29, 0.717) is 5.57 Å². The lowest BCUT2D eigenvalue weighted by Gasteiger charge is -2.63. The van der Waals surface area contributed by atoms with E-state index >= 15 is 0 Å². The Morgan fingerprint density at radius 1 is 1.05 bits per heavy atom. The molecule has 224 valence electrons. The summed E-state index contributed by atoms with van der Waals surface area (Å²) < 4.78 is 34.7. The number of esters is 5. The van der Waals surface area contributed by atoms with Crippen molar-refractivity contribution in [2.75, 3.05) is 6.61 Å². The second-order valence-corrected chi connectivity index (χ2v) is 11.8. The van der Waals surface area contributed by atoms with Gasteiger partial charge in [0.1, 0.15) is 18.3 Å². The molecule has 12 nitrogen and oxygen atoms in total. The summed E-state index contributed by atoms with van der Waals surface area (Å²) in [6.45, 7) is 11.3. The van der Waals surface area contributed by atoms with Crippen LogP contribution in [-0.2, 0) is 57.2 Å². The summed E-state index contributed by atoms with van der Waals surface area (Å²) in [5.41, 5.74) is -4.77. The van der Waals surface area contributed by atoms with Gasteiger partial charge >= 0.3 is 29.8 Å². The van der Waals surface area contributed by atoms with E-state index in [4.69, 9.17) is 40.0 Å². The Kier molecular flexibility index (Phi) is 7.89. The third-order valence-corrected chi connectivity index (χ3v) is 9.08. The fourth-order valence-corrected chi connectivity index (χ4v) is 7.18. The van der Waals surface area contributed by atoms with Crippen LogP contribution in [0.5, 0.6) is 0 Å². The highest BCUT2D eigenvalue weighted by Crippen LogP contribution is 2.62. The first-order valence-electron chi connectivity index (χ1n) is 13.1. The van der Waals surface area contributed by atoms with E-state index < -0.39 is 100 Å². The summed E-state index contributed by atoms with van der Waals surface area (Å²) in [4.78, 5) is 76.0. The Labute approximate surface area is 241 Å². The number of halogens is 1. The van der Waals surface area contributed by atoms with Crippen molar-refractivity contribution in [2.45, 2.75) is 89.0 Å². The van der Waals surface area contributed by atoms with E-state index in [9.17, 15) is 28.8 Å². The summed E-state index contributed by atoms with van der Waals surface area (Å²) in [7, 11) is 0. The van der Waals surface area contributed by atoms with Gasteiger partial charge < -0.3 is 28.4 Å². The third kappa shape index (κ3) is 4.84. The molecule has 0 saturated carbocycles. The van der Waals surface area contributed by atoms with Crippen molar-refractivity contribution in [3.63, 3.8) is 0 Å². The zero-order valence-corrected chi connectivity index (χ0v) is 24.4. The topological polar surface area (TPSA) is 158 Å². The van der Waals surface area contributed by atoms with Crippen LogP contribution in [0.2, 0.25) is 0 Å². The van der Waals surface area contributed by atoms with Crippen LogP contribution in [0.3, 0.4) is 0 Å². The molecule has 10 atom stereocenters. The molecule has 4 rings (SSSR count). The van der Waals surface area contributed by atoms with Gasteiger partial charge in [0, 0.05) is 32.6 Å². The average Bonchev–Trinajstić information content (AvgIpc) is 3.10. The van der Waals surface area contributed by atoms with Gasteiger partial charge in [-0.2, -0.15) is 0 Å². The van der Waals surface area contributed by atoms with E-state index in [1.165, 1.54) is 32.9 Å². The number of fused-ring (bicyclic) bond motifs is 3. The summed E-state index contributed by atoms with van der Waals surface area (Å²) in [5, 5.41) is -1.10. The van der Waals surface area contributed by atoms with Gasteiger partial charge in [-0.15, -0.1) is 11.6 Å². The molecule has 3 aliphatic heterocycles. The molecule has 10 unspecified atom stereocenters. The van der Waals surface area contributed by atoms with Gasteiger partial charge in [0.2, 0.25) is 0 Å². The Balaban J connectivity index is 2.03. The fraction of sp³-hybridized carbons (Fsp3) is 0.643. The number of hydrogen-bond donors (Lipinski definition) is 0. The molecule has 3 saturated heterocycles. The van der Waals surface area contributed by atoms with Gasteiger partial charge in [0.05, 0.1) is 17.2 Å². The highest BCUT2D eigenvalue weighted by atomic mass is 35.5. The van der Waals surface area contributed by atoms with Crippen LogP contribution in [-0.4, -0.2) is 83.2 Å². The maximum Gasteiger partial charge on any atom is 0.344 e. The highest BCUT2D eigenvalue weighted by Gasteiger charge is 2.77. The van der Waals surface area contributed by atoms with E-state index in [1.807, 2.05) is 0 Å². The number of hydrogen-bond acceptors (Lipinski definition) is 12. The Morgan fingerprint density at radius 2 is 1.71 bits per heavy atom. The molecule has 2 bridgehead atoms. The van der Waals surface area contributed by atoms with Crippen LogP contribution in [0.15, 0.2) is 24.3 Å². The van der Waals surface area contributed by atoms with Crippen molar-refractivity contribution >= 4 is 47.2 Å². The monoisotopic (exact) mass is 596 g/mol.